The molecular weight excluding hydrogens is 550 g/mol. The van der Waals surface area contributed by atoms with Crippen molar-refractivity contribution in [3.05, 3.63) is 83.0 Å². The molecule has 2 aromatic carbocycles. The van der Waals surface area contributed by atoms with Crippen molar-refractivity contribution < 1.29 is 9.90 Å². The molecule has 5 atom stereocenters. The second-order valence-electron chi connectivity index (χ2n) is 12.3. The van der Waals surface area contributed by atoms with Gasteiger partial charge in [0.15, 0.2) is 5.65 Å². The van der Waals surface area contributed by atoms with Crippen molar-refractivity contribution >= 4 is 40.5 Å². The summed E-state index contributed by atoms with van der Waals surface area (Å²) in [5.41, 5.74) is 3.25. The number of rotatable bonds is 6. The van der Waals surface area contributed by atoms with E-state index in [1.165, 1.54) is 19.4 Å². The third-order valence-corrected chi connectivity index (χ3v) is 10.4. The number of hydrogen-bond acceptors (Lipinski definition) is 7. The molecule has 5 aliphatic rings. The van der Waals surface area contributed by atoms with Crippen LogP contribution in [0.1, 0.15) is 41.6 Å². The fourth-order valence-corrected chi connectivity index (χ4v) is 7.83. The molecule has 9 nitrogen and oxygen atoms in total. The highest BCUT2D eigenvalue weighted by Crippen LogP contribution is 2.51. The van der Waals surface area contributed by atoms with Gasteiger partial charge < -0.3 is 20.6 Å². The molecule has 0 spiro atoms. The minimum absolute atomic E-state index is 0.00232. The van der Waals surface area contributed by atoms with Crippen LogP contribution in [0.3, 0.4) is 0 Å². The SMILES string of the molecule is O=C(N[C@H]1CN2CCC3C1CC32)c1ccc(Nc2nc3c(N4CCC(O)(c5ccc(Cl)cc5)CC4)cccn3n2)cc1. The fourth-order valence-electron chi connectivity index (χ4n) is 7.70. The zero-order valence-electron chi connectivity index (χ0n) is 23.3. The summed E-state index contributed by atoms with van der Waals surface area (Å²) in [5, 5.41) is 23.2. The fraction of sp³-hybridized carbons (Fsp3) is 0.406. The van der Waals surface area contributed by atoms with Gasteiger partial charge in [0.2, 0.25) is 5.95 Å². The van der Waals surface area contributed by atoms with Crippen molar-refractivity contribution in [1.29, 1.82) is 0 Å². The molecule has 42 heavy (non-hydrogen) atoms. The van der Waals surface area contributed by atoms with Gasteiger partial charge in [0, 0.05) is 54.2 Å². The molecule has 4 saturated heterocycles. The number of nitrogens with zero attached hydrogens (tertiary/aromatic N) is 5. The molecule has 10 heteroatoms. The summed E-state index contributed by atoms with van der Waals surface area (Å²) in [6, 6.07) is 20.0. The second kappa shape index (κ2) is 9.97. The molecule has 3 N–H and O–H groups in total. The van der Waals surface area contributed by atoms with Gasteiger partial charge in [0.25, 0.3) is 5.91 Å². The van der Waals surface area contributed by atoms with Crippen LogP contribution in [0.4, 0.5) is 17.3 Å². The van der Waals surface area contributed by atoms with E-state index in [4.69, 9.17) is 16.6 Å². The summed E-state index contributed by atoms with van der Waals surface area (Å²) in [4.78, 5) is 22.6. The van der Waals surface area contributed by atoms with Gasteiger partial charge in [-0.1, -0.05) is 23.7 Å². The number of aromatic nitrogens is 3. The Hall–Kier alpha value is -3.66. The zero-order valence-corrected chi connectivity index (χ0v) is 24.0. The van der Waals surface area contributed by atoms with E-state index in [1.54, 1.807) is 4.52 Å². The average Bonchev–Trinajstić information content (AvgIpc) is 3.50. The number of pyridine rings is 1. The van der Waals surface area contributed by atoms with Gasteiger partial charge in [-0.15, -0.1) is 5.10 Å². The van der Waals surface area contributed by atoms with Gasteiger partial charge >= 0.3 is 0 Å². The molecule has 6 heterocycles. The second-order valence-corrected chi connectivity index (χ2v) is 12.8. The first-order chi connectivity index (χ1) is 20.4. The Morgan fingerprint density at radius 1 is 1.00 bits per heavy atom. The summed E-state index contributed by atoms with van der Waals surface area (Å²) in [6.07, 6.45) is 5.62. The minimum Gasteiger partial charge on any atom is -0.385 e. The van der Waals surface area contributed by atoms with E-state index in [1.807, 2.05) is 66.9 Å². The normalized spacial score (nSPS) is 27.5. The first-order valence-corrected chi connectivity index (χ1v) is 15.3. The molecule has 4 unspecified atom stereocenters. The van der Waals surface area contributed by atoms with Crippen LogP contribution in [-0.4, -0.2) is 68.8 Å². The van der Waals surface area contributed by atoms with Crippen molar-refractivity contribution in [1.82, 2.24) is 24.8 Å². The Morgan fingerprint density at radius 3 is 2.55 bits per heavy atom. The molecule has 1 saturated carbocycles. The topological polar surface area (TPSA) is 98.0 Å². The van der Waals surface area contributed by atoms with Crippen LogP contribution in [0.15, 0.2) is 66.9 Å². The van der Waals surface area contributed by atoms with E-state index < -0.39 is 5.60 Å². The standard InChI is InChI=1S/C32H34ClN7O2/c33-22-7-5-21(6-8-22)32(42)12-16-38(17-13-32)27-2-1-14-40-29(27)36-31(37-40)34-23-9-3-20(4-10-23)30(41)35-26-19-39-15-11-24-25(26)18-28(24)39/h1-10,14,24-26,28,42H,11-13,15-19H2,(H,34,37)(H,35,41)/t24?,25?,26-,28?/m0/s1. The first-order valence-electron chi connectivity index (χ1n) is 14.9. The van der Waals surface area contributed by atoms with Crippen LogP contribution >= 0.6 is 11.6 Å². The third kappa shape index (κ3) is 4.42. The first kappa shape index (κ1) is 26.0. The number of aliphatic hydroxyl groups is 1. The highest BCUT2D eigenvalue weighted by Gasteiger charge is 2.56. The van der Waals surface area contributed by atoms with Gasteiger partial charge in [-0.25, -0.2) is 4.52 Å². The van der Waals surface area contributed by atoms with Crippen LogP contribution in [0, 0.1) is 11.8 Å². The summed E-state index contributed by atoms with van der Waals surface area (Å²) in [5.74, 6) is 1.91. The molecule has 4 aromatic rings. The van der Waals surface area contributed by atoms with Crippen molar-refractivity contribution in [3.8, 4) is 0 Å². The molecule has 1 amide bonds. The van der Waals surface area contributed by atoms with Crippen molar-refractivity contribution in [2.45, 2.75) is 43.4 Å². The summed E-state index contributed by atoms with van der Waals surface area (Å²) >= 11 is 6.05. The molecular formula is C32H34ClN7O2. The predicted octanol–water partition coefficient (Wildman–Crippen LogP) is 4.44. The Balaban J connectivity index is 0.930. The quantitative estimate of drug-likeness (QED) is 0.309. The number of carbonyl (C=O) groups is 1. The number of carbonyl (C=O) groups excluding carboxylic acids is 1. The van der Waals surface area contributed by atoms with Crippen LogP contribution < -0.4 is 15.5 Å². The maximum Gasteiger partial charge on any atom is 0.251 e. The Bertz CT molecular complexity index is 1630. The number of piperidine rings is 3. The highest BCUT2D eigenvalue weighted by molar-refractivity contribution is 6.30. The lowest BCUT2D eigenvalue weighted by atomic mass is 9.63. The van der Waals surface area contributed by atoms with E-state index in [9.17, 15) is 9.90 Å². The predicted molar refractivity (Wildman–Crippen MR) is 162 cm³/mol. The number of benzene rings is 2. The van der Waals surface area contributed by atoms with Crippen molar-refractivity contribution in [2.75, 3.05) is 36.4 Å². The lowest BCUT2D eigenvalue weighted by molar-refractivity contribution is -0.0186. The van der Waals surface area contributed by atoms with E-state index >= 15 is 0 Å². The van der Waals surface area contributed by atoms with Crippen LogP contribution in [0.2, 0.25) is 5.02 Å². The van der Waals surface area contributed by atoms with Crippen molar-refractivity contribution in [2.24, 2.45) is 11.8 Å². The minimum atomic E-state index is -0.871. The van der Waals surface area contributed by atoms with Crippen molar-refractivity contribution in [3.63, 3.8) is 0 Å². The molecule has 9 rings (SSSR count). The summed E-state index contributed by atoms with van der Waals surface area (Å²) in [6.45, 7) is 3.56. The summed E-state index contributed by atoms with van der Waals surface area (Å²) < 4.78 is 1.78. The molecule has 216 valence electrons. The number of nitrogens with one attached hydrogen (secondary N) is 2. The van der Waals surface area contributed by atoms with Crippen LogP contribution in [-0.2, 0) is 5.60 Å². The molecule has 1 aliphatic carbocycles. The number of fused-ring (bicyclic) bond motifs is 2. The van der Waals surface area contributed by atoms with Gasteiger partial charge in [-0.2, -0.15) is 4.98 Å². The third-order valence-electron chi connectivity index (χ3n) is 10.1. The Kier molecular flexibility index (Phi) is 6.17. The molecule has 2 aromatic heterocycles. The molecule has 4 aliphatic heterocycles. The maximum absolute atomic E-state index is 13.0. The van der Waals surface area contributed by atoms with Gasteiger partial charge in [-0.3, -0.25) is 9.69 Å². The van der Waals surface area contributed by atoms with Gasteiger partial charge in [0.1, 0.15) is 0 Å². The number of anilines is 3. The molecule has 4 bridgehead atoms. The van der Waals surface area contributed by atoms with E-state index in [0.717, 1.165) is 41.1 Å². The van der Waals surface area contributed by atoms with Gasteiger partial charge in [0.05, 0.1) is 11.3 Å². The van der Waals surface area contributed by atoms with E-state index in [-0.39, 0.29) is 11.9 Å². The average molecular weight is 584 g/mol. The van der Waals surface area contributed by atoms with Gasteiger partial charge in [-0.05, 0) is 98.2 Å². The van der Waals surface area contributed by atoms with Crippen LogP contribution in [0.25, 0.3) is 5.65 Å². The Labute approximate surface area is 249 Å². The maximum atomic E-state index is 13.0. The highest BCUT2D eigenvalue weighted by atomic mass is 35.5. The lowest BCUT2D eigenvalue weighted by Gasteiger charge is -2.53. The zero-order chi connectivity index (χ0) is 28.4. The smallest absolute Gasteiger partial charge is 0.251 e. The molecule has 5 fully saturated rings. The Morgan fingerprint density at radius 2 is 1.79 bits per heavy atom. The number of halogens is 1. The van der Waals surface area contributed by atoms with E-state index in [2.05, 4.69) is 25.5 Å². The van der Waals surface area contributed by atoms with Crippen LogP contribution in [0.5, 0.6) is 0 Å². The lowest BCUT2D eigenvalue weighted by Crippen LogP contribution is -2.64. The number of hydrogen-bond donors (Lipinski definition) is 3. The summed E-state index contributed by atoms with van der Waals surface area (Å²) in [7, 11) is 0. The largest absolute Gasteiger partial charge is 0.385 e. The van der Waals surface area contributed by atoms with E-state index in [0.29, 0.717) is 48.4 Å². The monoisotopic (exact) mass is 583 g/mol. The molecule has 0 radical (unpaired) electrons. The number of amides is 1.